The van der Waals surface area contributed by atoms with Crippen molar-refractivity contribution in [2.45, 2.75) is 13.3 Å². The van der Waals surface area contributed by atoms with Gasteiger partial charge in [-0.15, -0.1) is 0 Å². The highest BCUT2D eigenvalue weighted by atomic mass is 32.2. The van der Waals surface area contributed by atoms with Crippen LogP contribution in [0.4, 0.5) is 5.69 Å². The van der Waals surface area contributed by atoms with Crippen LogP contribution in [0.2, 0.25) is 0 Å². The third kappa shape index (κ3) is 2.59. The number of hydrogen-bond acceptors (Lipinski definition) is 2. The molecule has 3 heteroatoms. The van der Waals surface area contributed by atoms with E-state index < -0.39 is 10.8 Å². The molecule has 1 aromatic carbocycles. The molecule has 0 bridgehead atoms. The largest absolute Gasteiger partial charge is 0.370 e. The van der Waals surface area contributed by atoms with Crippen LogP contribution in [0.1, 0.15) is 12.5 Å². The molecule has 0 aromatic heterocycles. The van der Waals surface area contributed by atoms with E-state index in [1.54, 1.807) is 0 Å². The van der Waals surface area contributed by atoms with Crippen molar-refractivity contribution in [3.63, 3.8) is 0 Å². The van der Waals surface area contributed by atoms with Crippen molar-refractivity contribution in [3.05, 3.63) is 29.8 Å². The minimum Gasteiger partial charge on any atom is -0.370 e. The summed E-state index contributed by atoms with van der Waals surface area (Å²) in [4.78, 5) is 2.33. The van der Waals surface area contributed by atoms with Gasteiger partial charge < -0.3 is 4.90 Å². The first kappa shape index (κ1) is 10.7. The van der Waals surface area contributed by atoms with Gasteiger partial charge in [0.05, 0.1) is 0 Å². The van der Waals surface area contributed by atoms with Crippen LogP contribution in [0.3, 0.4) is 0 Å². The Morgan fingerprint density at radius 1 is 1.33 bits per heavy atom. The number of aryl methyl sites for hydroxylation is 1. The molecule has 0 unspecified atom stereocenters. The molecule has 0 aliphatic carbocycles. The van der Waals surface area contributed by atoms with Gasteiger partial charge in [0.1, 0.15) is 0 Å². The third-order valence-corrected chi connectivity index (χ3v) is 4.14. The van der Waals surface area contributed by atoms with Crippen molar-refractivity contribution in [2.24, 2.45) is 0 Å². The highest BCUT2D eigenvalue weighted by Crippen LogP contribution is 2.18. The summed E-state index contributed by atoms with van der Waals surface area (Å²) >= 11 is 0. The molecule has 1 aliphatic rings. The lowest BCUT2D eigenvalue weighted by Crippen LogP contribution is -2.37. The van der Waals surface area contributed by atoms with Crippen molar-refractivity contribution in [1.82, 2.24) is 0 Å². The van der Waals surface area contributed by atoms with E-state index >= 15 is 0 Å². The van der Waals surface area contributed by atoms with Crippen LogP contribution in [-0.4, -0.2) is 28.8 Å². The number of rotatable bonds is 2. The van der Waals surface area contributed by atoms with Gasteiger partial charge in [0.25, 0.3) is 0 Å². The Labute approximate surface area is 93.7 Å². The van der Waals surface area contributed by atoms with Gasteiger partial charge in [-0.2, -0.15) is 0 Å². The molecular weight excluding hydrogens is 206 g/mol. The van der Waals surface area contributed by atoms with Crippen molar-refractivity contribution in [2.75, 3.05) is 29.5 Å². The van der Waals surface area contributed by atoms with Crippen molar-refractivity contribution in [1.29, 1.82) is 0 Å². The van der Waals surface area contributed by atoms with E-state index in [0.717, 1.165) is 31.0 Å². The molecule has 1 aromatic rings. The summed E-state index contributed by atoms with van der Waals surface area (Å²) in [6, 6.07) is 8.66. The lowest BCUT2D eigenvalue weighted by atomic mass is 10.1. The average Bonchev–Trinajstić information content (AvgIpc) is 2.30. The third-order valence-electron chi connectivity index (χ3n) is 2.86. The second kappa shape index (κ2) is 4.79. The predicted octanol–water partition coefficient (Wildman–Crippen LogP) is 1.82. The fraction of sp³-hybridized carbons (Fsp3) is 0.500. The van der Waals surface area contributed by atoms with E-state index in [1.807, 2.05) is 0 Å². The molecule has 1 aliphatic heterocycles. The summed E-state index contributed by atoms with van der Waals surface area (Å²) in [6.07, 6.45) is 1.08. The number of hydrogen-bond donors (Lipinski definition) is 0. The summed E-state index contributed by atoms with van der Waals surface area (Å²) < 4.78 is 11.2. The van der Waals surface area contributed by atoms with E-state index in [1.165, 1.54) is 11.3 Å². The molecule has 1 saturated heterocycles. The molecule has 1 heterocycles. The van der Waals surface area contributed by atoms with Gasteiger partial charge in [0.15, 0.2) is 0 Å². The maximum absolute atomic E-state index is 11.2. The first-order valence-electron chi connectivity index (χ1n) is 5.48. The molecule has 0 N–H and O–H groups in total. The quantitative estimate of drug-likeness (QED) is 0.762. The number of benzene rings is 1. The van der Waals surface area contributed by atoms with Crippen molar-refractivity contribution < 1.29 is 4.21 Å². The maximum Gasteiger partial charge on any atom is 0.0411 e. The van der Waals surface area contributed by atoms with Gasteiger partial charge in [0, 0.05) is 41.1 Å². The fourth-order valence-electron chi connectivity index (χ4n) is 1.87. The standard InChI is InChI=1S/C12H17NOS/c1-2-11-4-3-5-12(10-11)13-6-8-15(14)9-7-13/h3-5,10H,2,6-9H2,1H3. The summed E-state index contributed by atoms with van der Waals surface area (Å²) in [5, 5.41) is 0. The van der Waals surface area contributed by atoms with E-state index in [0.29, 0.717) is 0 Å². The van der Waals surface area contributed by atoms with Gasteiger partial charge in [-0.1, -0.05) is 19.1 Å². The van der Waals surface area contributed by atoms with Gasteiger partial charge >= 0.3 is 0 Å². The van der Waals surface area contributed by atoms with Crippen LogP contribution in [0.15, 0.2) is 24.3 Å². The molecule has 0 atom stereocenters. The Morgan fingerprint density at radius 3 is 2.73 bits per heavy atom. The van der Waals surface area contributed by atoms with Gasteiger partial charge in [-0.05, 0) is 24.1 Å². The average molecular weight is 223 g/mol. The lowest BCUT2D eigenvalue weighted by molar-refractivity contribution is 0.673. The molecule has 0 saturated carbocycles. The molecule has 2 rings (SSSR count). The zero-order chi connectivity index (χ0) is 10.7. The number of anilines is 1. The minimum absolute atomic E-state index is 0.583. The molecule has 0 radical (unpaired) electrons. The normalized spacial score (nSPS) is 18.1. The zero-order valence-corrected chi connectivity index (χ0v) is 9.93. The van der Waals surface area contributed by atoms with Crippen LogP contribution in [0, 0.1) is 0 Å². The van der Waals surface area contributed by atoms with Crippen LogP contribution >= 0.6 is 0 Å². The van der Waals surface area contributed by atoms with E-state index in [-0.39, 0.29) is 0 Å². The van der Waals surface area contributed by atoms with Gasteiger partial charge in [-0.25, -0.2) is 0 Å². The Morgan fingerprint density at radius 2 is 2.07 bits per heavy atom. The first-order valence-corrected chi connectivity index (χ1v) is 6.97. The van der Waals surface area contributed by atoms with E-state index in [9.17, 15) is 4.21 Å². The van der Waals surface area contributed by atoms with Gasteiger partial charge in [0.2, 0.25) is 0 Å². The Hall–Kier alpha value is -0.830. The number of nitrogens with zero attached hydrogens (tertiary/aromatic N) is 1. The summed E-state index contributed by atoms with van der Waals surface area (Å²) in [6.45, 7) is 4.03. The molecular formula is C12H17NOS. The molecule has 0 amide bonds. The monoisotopic (exact) mass is 223 g/mol. The van der Waals surface area contributed by atoms with Crippen LogP contribution in [-0.2, 0) is 17.2 Å². The van der Waals surface area contributed by atoms with Crippen molar-refractivity contribution >= 4 is 16.5 Å². The Balaban J connectivity index is 2.11. The van der Waals surface area contributed by atoms with Crippen molar-refractivity contribution in [3.8, 4) is 0 Å². The maximum atomic E-state index is 11.2. The Kier molecular flexibility index (Phi) is 3.41. The molecule has 2 nitrogen and oxygen atoms in total. The topological polar surface area (TPSA) is 20.3 Å². The fourth-order valence-corrected chi connectivity index (χ4v) is 2.92. The Bertz CT molecular complexity index is 354. The molecule has 15 heavy (non-hydrogen) atoms. The lowest BCUT2D eigenvalue weighted by Gasteiger charge is -2.28. The summed E-state index contributed by atoms with van der Waals surface area (Å²) in [5.41, 5.74) is 2.66. The molecule has 0 spiro atoms. The smallest absolute Gasteiger partial charge is 0.0411 e. The highest BCUT2D eigenvalue weighted by Gasteiger charge is 2.15. The zero-order valence-electron chi connectivity index (χ0n) is 9.11. The second-order valence-electron chi connectivity index (χ2n) is 3.86. The molecule has 82 valence electrons. The summed E-state index contributed by atoms with van der Waals surface area (Å²) in [5.74, 6) is 1.63. The van der Waals surface area contributed by atoms with Crippen LogP contribution < -0.4 is 4.90 Å². The minimum atomic E-state index is -0.583. The van der Waals surface area contributed by atoms with Crippen LogP contribution in [0.25, 0.3) is 0 Å². The highest BCUT2D eigenvalue weighted by molar-refractivity contribution is 7.85. The molecule has 1 fully saturated rings. The van der Waals surface area contributed by atoms with Crippen LogP contribution in [0.5, 0.6) is 0 Å². The summed E-state index contributed by atoms with van der Waals surface area (Å²) in [7, 11) is -0.583. The predicted molar refractivity (Wildman–Crippen MR) is 65.9 cm³/mol. The SMILES string of the molecule is CCc1cccc(N2CCS(=O)CC2)c1. The van der Waals surface area contributed by atoms with E-state index in [4.69, 9.17) is 0 Å². The van der Waals surface area contributed by atoms with E-state index in [2.05, 4.69) is 36.1 Å². The van der Waals surface area contributed by atoms with Gasteiger partial charge in [-0.3, -0.25) is 4.21 Å². The first-order chi connectivity index (χ1) is 7.29. The second-order valence-corrected chi connectivity index (χ2v) is 5.55.